The second kappa shape index (κ2) is 5.25. The maximum absolute atomic E-state index is 12.0. The highest BCUT2D eigenvalue weighted by molar-refractivity contribution is 6.34. The minimum Gasteiger partial charge on any atom is -0.399 e. The number of rotatable bonds is 2. The van der Waals surface area contributed by atoms with Gasteiger partial charge in [-0.1, -0.05) is 29.3 Å². The summed E-state index contributed by atoms with van der Waals surface area (Å²) in [5.41, 5.74) is 6.36. The van der Waals surface area contributed by atoms with Gasteiger partial charge >= 0.3 is 0 Å². The monoisotopic (exact) mass is 281 g/mol. The van der Waals surface area contributed by atoms with Crippen molar-refractivity contribution in [3.05, 3.63) is 52.1 Å². The third kappa shape index (κ3) is 2.91. The van der Waals surface area contributed by atoms with Crippen LogP contribution in [-0.4, -0.2) is 10.9 Å². The normalized spacial score (nSPS) is 10.1. The van der Waals surface area contributed by atoms with E-state index in [1.807, 2.05) is 0 Å². The zero-order valence-electron chi connectivity index (χ0n) is 9.15. The third-order valence-electron chi connectivity index (χ3n) is 2.19. The smallest absolute Gasteiger partial charge is 0.258 e. The number of hydrogen-bond donors (Lipinski definition) is 2. The van der Waals surface area contributed by atoms with Gasteiger partial charge < -0.3 is 11.1 Å². The van der Waals surface area contributed by atoms with Crippen molar-refractivity contribution in [1.82, 2.24) is 4.98 Å². The molecule has 0 unspecified atom stereocenters. The summed E-state index contributed by atoms with van der Waals surface area (Å²) in [7, 11) is 0. The van der Waals surface area contributed by atoms with Crippen LogP contribution in [0.4, 0.5) is 11.5 Å². The molecule has 1 aromatic carbocycles. The van der Waals surface area contributed by atoms with Gasteiger partial charge in [0.15, 0.2) is 0 Å². The fourth-order valence-electron chi connectivity index (χ4n) is 1.38. The average molecular weight is 282 g/mol. The summed E-state index contributed by atoms with van der Waals surface area (Å²) in [4.78, 5) is 15.9. The summed E-state index contributed by atoms with van der Waals surface area (Å²) < 4.78 is 0. The third-order valence-corrected chi connectivity index (χ3v) is 2.73. The van der Waals surface area contributed by atoms with Gasteiger partial charge in [0.05, 0.1) is 10.6 Å². The number of aromatic nitrogens is 1. The number of nitrogen functional groups attached to an aromatic ring is 1. The Kier molecular flexibility index (Phi) is 3.69. The largest absolute Gasteiger partial charge is 0.399 e. The van der Waals surface area contributed by atoms with Gasteiger partial charge in [-0.25, -0.2) is 4.98 Å². The molecule has 0 saturated carbocycles. The number of halogens is 2. The van der Waals surface area contributed by atoms with E-state index in [4.69, 9.17) is 28.9 Å². The number of pyridine rings is 1. The molecule has 1 amide bonds. The molecule has 1 aromatic heterocycles. The molecule has 92 valence electrons. The van der Waals surface area contributed by atoms with Gasteiger partial charge in [0.2, 0.25) is 0 Å². The Morgan fingerprint density at radius 3 is 2.72 bits per heavy atom. The molecule has 0 aliphatic heterocycles. The average Bonchev–Trinajstić information content (AvgIpc) is 2.32. The maximum atomic E-state index is 12.0. The lowest BCUT2D eigenvalue weighted by molar-refractivity contribution is 0.102. The van der Waals surface area contributed by atoms with Crippen LogP contribution in [0.5, 0.6) is 0 Å². The number of nitrogens with zero attached hydrogens (tertiary/aromatic N) is 1. The molecule has 2 aromatic rings. The standard InChI is InChI=1S/C12H9Cl2N3O/c13-9-5-4-7(15)6-8(9)12(18)17-11-3-1-2-10(14)16-11/h1-6H,15H2,(H,16,17,18). The predicted molar refractivity (Wildman–Crippen MR) is 73.1 cm³/mol. The Bertz CT molecular complexity index is 602. The molecule has 0 spiro atoms. The molecule has 0 fully saturated rings. The zero-order chi connectivity index (χ0) is 13.1. The minimum atomic E-state index is -0.387. The van der Waals surface area contributed by atoms with Gasteiger partial charge in [0.25, 0.3) is 5.91 Å². The fourth-order valence-corrected chi connectivity index (χ4v) is 1.75. The second-order valence-electron chi connectivity index (χ2n) is 3.54. The first kappa shape index (κ1) is 12.7. The summed E-state index contributed by atoms with van der Waals surface area (Å²) in [6.07, 6.45) is 0. The van der Waals surface area contributed by atoms with Crippen molar-refractivity contribution in [1.29, 1.82) is 0 Å². The van der Waals surface area contributed by atoms with E-state index in [9.17, 15) is 4.79 Å². The van der Waals surface area contributed by atoms with Crippen LogP contribution in [0.15, 0.2) is 36.4 Å². The molecule has 1 heterocycles. The molecule has 0 radical (unpaired) electrons. The predicted octanol–water partition coefficient (Wildman–Crippen LogP) is 3.22. The number of amides is 1. The van der Waals surface area contributed by atoms with E-state index in [2.05, 4.69) is 10.3 Å². The molecular weight excluding hydrogens is 273 g/mol. The van der Waals surface area contributed by atoms with Crippen molar-refractivity contribution in [2.75, 3.05) is 11.1 Å². The lowest BCUT2D eigenvalue weighted by Crippen LogP contribution is -2.13. The van der Waals surface area contributed by atoms with E-state index in [0.29, 0.717) is 27.2 Å². The quantitative estimate of drug-likeness (QED) is 0.656. The lowest BCUT2D eigenvalue weighted by atomic mass is 10.2. The van der Waals surface area contributed by atoms with Crippen LogP contribution in [0, 0.1) is 0 Å². The summed E-state index contributed by atoms with van der Waals surface area (Å²) in [6, 6.07) is 9.62. The van der Waals surface area contributed by atoms with Gasteiger partial charge in [-0.15, -0.1) is 0 Å². The first-order valence-electron chi connectivity index (χ1n) is 5.05. The van der Waals surface area contributed by atoms with Gasteiger partial charge in [0.1, 0.15) is 11.0 Å². The van der Waals surface area contributed by atoms with Crippen molar-refractivity contribution in [3.8, 4) is 0 Å². The highest BCUT2D eigenvalue weighted by Crippen LogP contribution is 2.20. The lowest BCUT2D eigenvalue weighted by Gasteiger charge is -2.07. The summed E-state index contributed by atoms with van der Waals surface area (Å²) >= 11 is 11.6. The van der Waals surface area contributed by atoms with Crippen LogP contribution in [0.25, 0.3) is 0 Å². The van der Waals surface area contributed by atoms with Crippen LogP contribution in [0.2, 0.25) is 10.2 Å². The van der Waals surface area contributed by atoms with E-state index in [-0.39, 0.29) is 5.91 Å². The molecule has 0 aliphatic carbocycles. The highest BCUT2D eigenvalue weighted by Gasteiger charge is 2.11. The van der Waals surface area contributed by atoms with Crippen LogP contribution < -0.4 is 11.1 Å². The Balaban J connectivity index is 2.24. The number of carbonyl (C=O) groups excluding carboxylic acids is 1. The van der Waals surface area contributed by atoms with E-state index in [0.717, 1.165) is 0 Å². The maximum Gasteiger partial charge on any atom is 0.258 e. The Morgan fingerprint density at radius 2 is 2.00 bits per heavy atom. The van der Waals surface area contributed by atoms with Crippen LogP contribution in [-0.2, 0) is 0 Å². The number of anilines is 2. The van der Waals surface area contributed by atoms with Crippen molar-refractivity contribution >= 4 is 40.6 Å². The number of benzene rings is 1. The second-order valence-corrected chi connectivity index (χ2v) is 4.33. The van der Waals surface area contributed by atoms with Crippen molar-refractivity contribution < 1.29 is 4.79 Å². The highest BCUT2D eigenvalue weighted by atomic mass is 35.5. The number of nitrogens with one attached hydrogen (secondary N) is 1. The minimum absolute atomic E-state index is 0.290. The summed E-state index contributed by atoms with van der Waals surface area (Å²) in [5.74, 6) is -0.0342. The zero-order valence-corrected chi connectivity index (χ0v) is 10.7. The van der Waals surface area contributed by atoms with Crippen molar-refractivity contribution in [2.24, 2.45) is 0 Å². The molecule has 3 N–H and O–H groups in total. The van der Waals surface area contributed by atoms with Crippen LogP contribution >= 0.6 is 23.2 Å². The molecule has 0 saturated heterocycles. The van der Waals surface area contributed by atoms with Gasteiger partial charge in [0, 0.05) is 5.69 Å². The number of carbonyl (C=O) groups is 1. The first-order chi connectivity index (χ1) is 8.56. The number of nitrogens with two attached hydrogens (primary N) is 1. The van der Waals surface area contributed by atoms with Crippen molar-refractivity contribution in [2.45, 2.75) is 0 Å². The van der Waals surface area contributed by atoms with Gasteiger partial charge in [-0.05, 0) is 30.3 Å². The SMILES string of the molecule is Nc1ccc(Cl)c(C(=O)Nc2cccc(Cl)n2)c1. The van der Waals surface area contributed by atoms with Gasteiger partial charge in [-0.2, -0.15) is 0 Å². The van der Waals surface area contributed by atoms with E-state index < -0.39 is 0 Å². The molecule has 2 rings (SSSR count). The van der Waals surface area contributed by atoms with Gasteiger partial charge in [-0.3, -0.25) is 4.79 Å². The summed E-state index contributed by atoms with van der Waals surface area (Å²) in [5, 5.41) is 3.21. The van der Waals surface area contributed by atoms with E-state index in [1.54, 1.807) is 30.3 Å². The molecule has 0 aliphatic rings. The Labute approximate surface area is 114 Å². The Morgan fingerprint density at radius 1 is 1.22 bits per heavy atom. The number of hydrogen-bond acceptors (Lipinski definition) is 3. The molecule has 0 bridgehead atoms. The van der Waals surface area contributed by atoms with E-state index >= 15 is 0 Å². The van der Waals surface area contributed by atoms with Crippen LogP contribution in [0.1, 0.15) is 10.4 Å². The first-order valence-corrected chi connectivity index (χ1v) is 5.81. The molecule has 4 nitrogen and oxygen atoms in total. The fraction of sp³-hybridized carbons (Fsp3) is 0. The summed E-state index contributed by atoms with van der Waals surface area (Å²) in [6.45, 7) is 0. The molecule has 0 atom stereocenters. The molecular formula is C12H9Cl2N3O. The topological polar surface area (TPSA) is 68.0 Å². The molecule has 6 heteroatoms. The van der Waals surface area contributed by atoms with Crippen LogP contribution in [0.3, 0.4) is 0 Å². The molecule has 18 heavy (non-hydrogen) atoms. The van der Waals surface area contributed by atoms with E-state index in [1.165, 1.54) is 6.07 Å². The Hall–Kier alpha value is -1.78. The van der Waals surface area contributed by atoms with Crippen molar-refractivity contribution in [3.63, 3.8) is 0 Å².